The summed E-state index contributed by atoms with van der Waals surface area (Å²) in [6.45, 7) is 1.24. The lowest BCUT2D eigenvalue weighted by atomic mass is 10.0. The maximum Gasteiger partial charge on any atom is 0.272 e. The molecule has 4 bridgehead atoms. The highest BCUT2D eigenvalue weighted by Crippen LogP contribution is 2.33. The lowest BCUT2D eigenvalue weighted by Gasteiger charge is -2.24. The predicted molar refractivity (Wildman–Crippen MR) is 155 cm³/mol. The second-order valence-corrected chi connectivity index (χ2v) is 10.9. The van der Waals surface area contributed by atoms with E-state index in [4.69, 9.17) is 4.74 Å². The molecule has 4 heterocycles. The van der Waals surface area contributed by atoms with Crippen LogP contribution in [0.5, 0.6) is 5.75 Å². The molecular formula is C32H28F2N6O3. The van der Waals surface area contributed by atoms with E-state index >= 15 is 0 Å². The zero-order valence-electron chi connectivity index (χ0n) is 23.3. The Labute approximate surface area is 245 Å². The van der Waals surface area contributed by atoms with Crippen molar-refractivity contribution >= 4 is 22.8 Å². The second kappa shape index (κ2) is 10.6. The summed E-state index contributed by atoms with van der Waals surface area (Å²) in [6, 6.07) is 16.2. The van der Waals surface area contributed by atoms with Crippen molar-refractivity contribution in [2.24, 2.45) is 7.05 Å². The van der Waals surface area contributed by atoms with Crippen molar-refractivity contribution in [1.29, 1.82) is 0 Å². The Bertz CT molecular complexity index is 1880. The maximum absolute atomic E-state index is 14.5. The molecule has 9 nitrogen and oxygen atoms in total. The summed E-state index contributed by atoms with van der Waals surface area (Å²) in [5.74, 6) is -1.39. The first-order valence-electron chi connectivity index (χ1n) is 14.1. The molecule has 1 saturated heterocycles. The SMILES string of the molecule is Cn1c(C(=O)N2C[C@@H]3C[C@H]2C(=O)NCCCn2cnc4cccc(c42)-c2cccc(c2)O3)cnc1-c1ccc(F)cc1F. The van der Waals surface area contributed by atoms with Gasteiger partial charge in [-0.3, -0.25) is 9.59 Å². The van der Waals surface area contributed by atoms with E-state index in [1.54, 1.807) is 7.05 Å². The molecule has 0 radical (unpaired) electrons. The summed E-state index contributed by atoms with van der Waals surface area (Å²) in [5.41, 5.74) is 4.17. The van der Waals surface area contributed by atoms with E-state index in [-0.39, 0.29) is 29.5 Å². The van der Waals surface area contributed by atoms with Crippen LogP contribution in [0.1, 0.15) is 23.3 Å². The number of rotatable bonds is 2. The molecule has 2 atom stereocenters. The smallest absolute Gasteiger partial charge is 0.272 e. The molecule has 7 rings (SSSR count). The third-order valence-electron chi connectivity index (χ3n) is 8.17. The highest BCUT2D eigenvalue weighted by molar-refractivity contribution is 5.97. The van der Waals surface area contributed by atoms with E-state index in [2.05, 4.69) is 25.9 Å². The number of fused-ring (bicyclic) bond motifs is 5. The minimum atomic E-state index is -0.783. The minimum Gasteiger partial charge on any atom is -0.488 e. The molecule has 2 aliphatic heterocycles. The van der Waals surface area contributed by atoms with Gasteiger partial charge in [-0.2, -0.15) is 0 Å². The molecule has 5 aromatic rings. The fourth-order valence-corrected chi connectivity index (χ4v) is 6.07. The molecule has 0 unspecified atom stereocenters. The number of nitrogens with zero attached hydrogens (tertiary/aromatic N) is 5. The number of hydrogen-bond donors (Lipinski definition) is 1. The number of ether oxygens (including phenoxy) is 1. The molecule has 1 fully saturated rings. The number of imidazole rings is 2. The van der Waals surface area contributed by atoms with Gasteiger partial charge in [0.15, 0.2) is 0 Å². The molecule has 0 spiro atoms. The Hall–Kier alpha value is -5.06. The van der Waals surface area contributed by atoms with Gasteiger partial charge in [-0.15, -0.1) is 0 Å². The number of carbonyl (C=O) groups is 2. The Morgan fingerprint density at radius 2 is 1.91 bits per heavy atom. The Balaban J connectivity index is 1.21. The van der Waals surface area contributed by atoms with Gasteiger partial charge in [0, 0.05) is 38.2 Å². The van der Waals surface area contributed by atoms with Gasteiger partial charge in [-0.25, -0.2) is 18.7 Å². The van der Waals surface area contributed by atoms with Crippen molar-refractivity contribution in [2.45, 2.75) is 31.5 Å². The van der Waals surface area contributed by atoms with Crippen LogP contribution in [0.25, 0.3) is 33.5 Å². The van der Waals surface area contributed by atoms with Crippen LogP contribution >= 0.6 is 0 Å². The highest BCUT2D eigenvalue weighted by Gasteiger charge is 2.42. The van der Waals surface area contributed by atoms with Crippen LogP contribution in [0.4, 0.5) is 8.78 Å². The molecule has 2 aromatic heterocycles. The van der Waals surface area contributed by atoms with Crippen molar-refractivity contribution in [1.82, 2.24) is 29.3 Å². The van der Waals surface area contributed by atoms with Crippen LogP contribution < -0.4 is 10.1 Å². The Kier molecular flexibility index (Phi) is 6.64. The predicted octanol–water partition coefficient (Wildman–Crippen LogP) is 4.56. The fourth-order valence-electron chi connectivity index (χ4n) is 6.07. The van der Waals surface area contributed by atoms with Crippen molar-refractivity contribution in [3.05, 3.63) is 90.5 Å². The fraction of sp³-hybridized carbons (Fsp3) is 0.250. The number of aryl methyl sites for hydroxylation is 1. The van der Waals surface area contributed by atoms with E-state index < -0.39 is 29.7 Å². The summed E-state index contributed by atoms with van der Waals surface area (Å²) < 4.78 is 37.9. The van der Waals surface area contributed by atoms with Crippen molar-refractivity contribution in [2.75, 3.05) is 13.1 Å². The molecule has 0 aliphatic carbocycles. The minimum absolute atomic E-state index is 0.0675. The van der Waals surface area contributed by atoms with Crippen molar-refractivity contribution < 1.29 is 23.1 Å². The van der Waals surface area contributed by atoms with Crippen molar-refractivity contribution in [3.63, 3.8) is 0 Å². The molecule has 0 saturated carbocycles. The molecule has 1 N–H and O–H groups in total. The summed E-state index contributed by atoms with van der Waals surface area (Å²) in [6.07, 6.45) is 3.70. The largest absolute Gasteiger partial charge is 0.488 e. The molecule has 2 amide bonds. The Morgan fingerprint density at radius 3 is 2.77 bits per heavy atom. The average Bonchev–Trinajstić information content (AvgIpc) is 3.72. The molecule has 43 heavy (non-hydrogen) atoms. The normalized spacial score (nSPS) is 18.6. The van der Waals surface area contributed by atoms with Gasteiger partial charge in [-0.05, 0) is 42.3 Å². The molecule has 2 aliphatic rings. The van der Waals surface area contributed by atoms with Gasteiger partial charge < -0.3 is 24.1 Å². The highest BCUT2D eigenvalue weighted by atomic mass is 19.1. The third kappa shape index (κ3) is 4.80. The standard InChI is InChI=1S/C32H28F2N6O3/c1-38-28(16-36-30(38)24-10-9-20(33)14-25(24)34)32(42)40-17-22-15-27(40)31(41)35-11-4-12-39-18-37-26-8-3-7-23(29(26)39)19-5-2-6-21(13-19)43-22/h2-3,5-10,13-14,16,18,22,27H,4,11-12,15,17H2,1H3,(H,35,41)/t22-,27-/m0/s1. The number of nitrogens with one attached hydrogen (secondary N) is 1. The molecule has 3 aromatic carbocycles. The first-order valence-corrected chi connectivity index (χ1v) is 14.1. The topological polar surface area (TPSA) is 94.3 Å². The summed E-state index contributed by atoms with van der Waals surface area (Å²) in [7, 11) is 1.59. The van der Waals surface area contributed by atoms with Crippen molar-refractivity contribution in [3.8, 4) is 28.3 Å². The average molecular weight is 583 g/mol. The van der Waals surface area contributed by atoms with Gasteiger partial charge in [0.1, 0.15) is 41.0 Å². The summed E-state index contributed by atoms with van der Waals surface area (Å²) in [4.78, 5) is 37.7. The monoisotopic (exact) mass is 582 g/mol. The van der Waals surface area contributed by atoms with Crippen LogP contribution in [0, 0.1) is 11.6 Å². The Morgan fingerprint density at radius 1 is 1.05 bits per heavy atom. The molecular weight excluding hydrogens is 554 g/mol. The number of benzene rings is 3. The van der Waals surface area contributed by atoms with E-state index in [0.717, 1.165) is 34.3 Å². The number of likely N-dealkylation sites (tertiary alicyclic amines) is 1. The second-order valence-electron chi connectivity index (χ2n) is 10.9. The number of carbonyl (C=O) groups excluding carboxylic acids is 2. The first-order chi connectivity index (χ1) is 20.9. The van der Waals surface area contributed by atoms with E-state index in [1.807, 2.05) is 42.7 Å². The zero-order chi connectivity index (χ0) is 29.7. The lowest BCUT2D eigenvalue weighted by Crippen LogP contribution is -2.46. The third-order valence-corrected chi connectivity index (χ3v) is 8.17. The number of amides is 2. The van der Waals surface area contributed by atoms with Gasteiger partial charge >= 0.3 is 0 Å². The van der Waals surface area contributed by atoms with Crippen LogP contribution in [0.3, 0.4) is 0 Å². The quantitative estimate of drug-likeness (QED) is 0.329. The van der Waals surface area contributed by atoms with Gasteiger partial charge in [0.25, 0.3) is 5.91 Å². The summed E-state index contributed by atoms with van der Waals surface area (Å²) >= 11 is 0. The maximum atomic E-state index is 14.5. The summed E-state index contributed by atoms with van der Waals surface area (Å²) in [5, 5.41) is 3.00. The van der Waals surface area contributed by atoms with Gasteiger partial charge in [0.05, 0.1) is 35.7 Å². The van der Waals surface area contributed by atoms with E-state index in [9.17, 15) is 18.4 Å². The lowest BCUT2D eigenvalue weighted by molar-refractivity contribution is -0.124. The zero-order valence-corrected chi connectivity index (χ0v) is 23.3. The van der Waals surface area contributed by atoms with Crippen LogP contribution in [-0.2, 0) is 18.4 Å². The van der Waals surface area contributed by atoms with Crippen LogP contribution in [-0.4, -0.2) is 61.1 Å². The molecule has 218 valence electrons. The van der Waals surface area contributed by atoms with E-state index in [0.29, 0.717) is 31.7 Å². The number of aromatic nitrogens is 4. The van der Waals surface area contributed by atoms with Gasteiger partial charge in [0.2, 0.25) is 5.91 Å². The van der Waals surface area contributed by atoms with Crippen LogP contribution in [0.15, 0.2) is 73.2 Å². The molecule has 11 heteroatoms. The first kappa shape index (κ1) is 26.8. The number of para-hydroxylation sites is 1. The van der Waals surface area contributed by atoms with E-state index in [1.165, 1.54) is 21.7 Å². The number of hydrogen-bond acceptors (Lipinski definition) is 5. The number of halogens is 2. The van der Waals surface area contributed by atoms with Gasteiger partial charge in [-0.1, -0.05) is 24.3 Å². The van der Waals surface area contributed by atoms with Crippen LogP contribution in [0.2, 0.25) is 0 Å².